The van der Waals surface area contributed by atoms with Crippen LogP contribution in [-0.4, -0.2) is 52.4 Å². The Kier molecular flexibility index (Phi) is 5.00. The fraction of sp³-hybridized carbons (Fsp3) is 0.500. The minimum atomic E-state index is -0.169. The smallest absolute Gasteiger partial charge is 0.255 e. The molecule has 0 aliphatic carbocycles. The molecule has 0 spiro atoms. The van der Waals surface area contributed by atoms with Gasteiger partial charge in [-0.25, -0.2) is 0 Å². The molecule has 3 aliphatic heterocycles. The quantitative estimate of drug-likeness (QED) is 0.875. The summed E-state index contributed by atoms with van der Waals surface area (Å²) in [7, 11) is 0. The maximum absolute atomic E-state index is 13.2. The van der Waals surface area contributed by atoms with Gasteiger partial charge < -0.3 is 9.88 Å². The molecule has 152 valence electrons. The average Bonchev–Trinajstić information content (AvgIpc) is 2.77. The molecule has 5 heteroatoms. The van der Waals surface area contributed by atoms with Crippen molar-refractivity contribution >= 4 is 5.91 Å². The Bertz CT molecular complexity index is 905. The molecule has 0 unspecified atom stereocenters. The van der Waals surface area contributed by atoms with Gasteiger partial charge in [0.1, 0.15) is 0 Å². The first-order valence-electron chi connectivity index (χ1n) is 11.0. The molecule has 1 N–H and O–H groups in total. The monoisotopic (exact) mass is 391 g/mol. The first kappa shape index (κ1) is 18.6. The van der Waals surface area contributed by atoms with Crippen molar-refractivity contribution in [2.75, 3.05) is 19.6 Å². The van der Waals surface area contributed by atoms with E-state index < -0.39 is 0 Å². The van der Waals surface area contributed by atoms with Gasteiger partial charge in [-0.05, 0) is 55.7 Å². The first-order chi connectivity index (χ1) is 14.2. The third kappa shape index (κ3) is 3.64. The predicted octanol–water partition coefficient (Wildman–Crippen LogP) is 2.93. The molecule has 3 fully saturated rings. The van der Waals surface area contributed by atoms with Crippen molar-refractivity contribution in [3.05, 3.63) is 70.1 Å². The van der Waals surface area contributed by atoms with Crippen molar-refractivity contribution in [2.45, 2.75) is 44.2 Å². The molecule has 5 rings (SSSR count). The second kappa shape index (κ2) is 7.79. The lowest BCUT2D eigenvalue weighted by Crippen LogP contribution is -2.64. The zero-order chi connectivity index (χ0) is 19.8. The highest BCUT2D eigenvalue weighted by atomic mass is 16.2. The summed E-state index contributed by atoms with van der Waals surface area (Å²) >= 11 is 0. The number of H-pyrrole nitrogens is 1. The summed E-state index contributed by atoms with van der Waals surface area (Å²) in [5, 5.41) is 0. The number of rotatable bonds is 3. The zero-order valence-electron chi connectivity index (χ0n) is 16.8. The van der Waals surface area contributed by atoms with Gasteiger partial charge >= 0.3 is 0 Å². The SMILES string of the molecule is O=C(c1ccc(=O)[nH]c1)N1C[C@H]2C[C@@H](C1)[C@H](Cc1ccccc1)N1CCCC[C@@H]21. The van der Waals surface area contributed by atoms with Crippen molar-refractivity contribution in [1.29, 1.82) is 0 Å². The van der Waals surface area contributed by atoms with Gasteiger partial charge in [0.25, 0.3) is 5.91 Å². The normalized spacial score (nSPS) is 29.3. The third-order valence-corrected chi connectivity index (χ3v) is 7.23. The summed E-state index contributed by atoms with van der Waals surface area (Å²) in [5.41, 5.74) is 1.81. The summed E-state index contributed by atoms with van der Waals surface area (Å²) in [6.45, 7) is 2.85. The summed E-state index contributed by atoms with van der Waals surface area (Å²) in [6.07, 6.45) is 7.70. The standard InChI is InChI=1S/C24H29N3O2/c28-23-10-9-18(14-25-23)24(29)26-15-19-13-20(16-26)22(12-17-6-2-1-3-7-17)27-11-5-4-8-21(19)27/h1-3,6-7,9-10,14,19-22H,4-5,8,11-13,15-16H2,(H,25,28)/t19-,20+,21+,22+/m1/s1. The molecule has 4 atom stereocenters. The summed E-state index contributed by atoms with van der Waals surface area (Å²) in [6, 6.07) is 15.0. The molecule has 2 aromatic rings. The van der Waals surface area contributed by atoms with Crippen molar-refractivity contribution in [3.63, 3.8) is 0 Å². The van der Waals surface area contributed by atoms with Crippen LogP contribution in [0.3, 0.4) is 0 Å². The number of nitrogens with zero attached hydrogens (tertiary/aromatic N) is 2. The number of carbonyl (C=O) groups is 1. The van der Waals surface area contributed by atoms with E-state index in [0.717, 1.165) is 19.5 Å². The number of nitrogens with one attached hydrogen (secondary N) is 1. The van der Waals surface area contributed by atoms with Crippen LogP contribution in [0, 0.1) is 11.8 Å². The average molecular weight is 392 g/mol. The fourth-order valence-corrected chi connectivity index (χ4v) is 5.94. The van der Waals surface area contributed by atoms with Gasteiger partial charge in [0, 0.05) is 37.4 Å². The molecule has 1 aromatic heterocycles. The van der Waals surface area contributed by atoms with E-state index in [2.05, 4.69) is 45.1 Å². The van der Waals surface area contributed by atoms with Crippen molar-refractivity contribution in [3.8, 4) is 0 Å². The molecule has 1 amide bonds. The molecular weight excluding hydrogens is 362 g/mol. The van der Waals surface area contributed by atoms with E-state index in [1.54, 1.807) is 12.3 Å². The van der Waals surface area contributed by atoms with Gasteiger partial charge in [-0.15, -0.1) is 0 Å². The Morgan fingerprint density at radius 1 is 1.03 bits per heavy atom. The number of aromatic nitrogens is 1. The molecule has 0 radical (unpaired) electrons. The Hall–Kier alpha value is -2.40. The van der Waals surface area contributed by atoms with E-state index in [0.29, 0.717) is 29.5 Å². The number of amides is 1. The highest BCUT2D eigenvalue weighted by Gasteiger charge is 2.47. The van der Waals surface area contributed by atoms with Crippen molar-refractivity contribution in [1.82, 2.24) is 14.8 Å². The number of likely N-dealkylation sites (tertiary alicyclic amines) is 1. The number of hydrogen-bond acceptors (Lipinski definition) is 3. The van der Waals surface area contributed by atoms with E-state index >= 15 is 0 Å². The Labute approximate surface area is 171 Å². The Morgan fingerprint density at radius 3 is 2.66 bits per heavy atom. The number of fused-ring (bicyclic) bond motifs is 4. The van der Waals surface area contributed by atoms with Gasteiger partial charge in [0.05, 0.1) is 5.56 Å². The predicted molar refractivity (Wildman–Crippen MR) is 113 cm³/mol. The Morgan fingerprint density at radius 2 is 1.86 bits per heavy atom. The highest BCUT2D eigenvalue weighted by molar-refractivity contribution is 5.94. The lowest BCUT2D eigenvalue weighted by molar-refractivity contribution is -0.0642. The number of carbonyl (C=O) groups excluding carboxylic acids is 1. The largest absolute Gasteiger partial charge is 0.338 e. The van der Waals surface area contributed by atoms with E-state index in [1.165, 1.54) is 43.9 Å². The molecule has 29 heavy (non-hydrogen) atoms. The van der Waals surface area contributed by atoms with Crippen LogP contribution in [0.15, 0.2) is 53.5 Å². The van der Waals surface area contributed by atoms with E-state index in [4.69, 9.17) is 0 Å². The molecule has 2 bridgehead atoms. The molecule has 3 saturated heterocycles. The number of benzene rings is 1. The second-order valence-electron chi connectivity index (χ2n) is 8.97. The zero-order valence-corrected chi connectivity index (χ0v) is 16.8. The number of pyridine rings is 1. The summed E-state index contributed by atoms with van der Waals surface area (Å²) in [5.74, 6) is 1.13. The van der Waals surface area contributed by atoms with Gasteiger partial charge in [-0.1, -0.05) is 36.8 Å². The van der Waals surface area contributed by atoms with Crippen molar-refractivity contribution < 1.29 is 4.79 Å². The van der Waals surface area contributed by atoms with Crippen LogP contribution in [0.1, 0.15) is 41.6 Å². The summed E-state index contributed by atoms with van der Waals surface area (Å²) < 4.78 is 0. The summed E-state index contributed by atoms with van der Waals surface area (Å²) in [4.78, 5) is 32.0. The van der Waals surface area contributed by atoms with Gasteiger partial charge in [-0.2, -0.15) is 0 Å². The van der Waals surface area contributed by atoms with Crippen LogP contribution in [0.2, 0.25) is 0 Å². The second-order valence-corrected chi connectivity index (χ2v) is 8.97. The Balaban J connectivity index is 1.41. The maximum atomic E-state index is 13.2. The van der Waals surface area contributed by atoms with Crippen LogP contribution in [0.4, 0.5) is 0 Å². The molecular formula is C24H29N3O2. The molecule has 0 saturated carbocycles. The molecule has 5 nitrogen and oxygen atoms in total. The maximum Gasteiger partial charge on any atom is 0.255 e. The first-order valence-corrected chi connectivity index (χ1v) is 11.0. The topological polar surface area (TPSA) is 56.4 Å². The molecule has 1 aromatic carbocycles. The minimum absolute atomic E-state index is 0.0543. The lowest BCUT2D eigenvalue weighted by atomic mass is 9.71. The van der Waals surface area contributed by atoms with E-state index in [-0.39, 0.29) is 11.5 Å². The van der Waals surface area contributed by atoms with Gasteiger partial charge in [0.2, 0.25) is 5.56 Å². The van der Waals surface area contributed by atoms with Crippen LogP contribution in [-0.2, 0) is 6.42 Å². The van der Waals surface area contributed by atoms with Crippen molar-refractivity contribution in [2.24, 2.45) is 11.8 Å². The van der Waals surface area contributed by atoms with E-state index in [9.17, 15) is 9.59 Å². The minimum Gasteiger partial charge on any atom is -0.338 e. The molecule has 4 heterocycles. The number of hydrogen-bond donors (Lipinski definition) is 1. The number of piperidine rings is 3. The van der Waals surface area contributed by atoms with Gasteiger partial charge in [0.15, 0.2) is 0 Å². The fourth-order valence-electron chi connectivity index (χ4n) is 5.94. The van der Waals surface area contributed by atoms with E-state index in [1.807, 2.05) is 0 Å². The van der Waals surface area contributed by atoms with Crippen LogP contribution in [0.5, 0.6) is 0 Å². The van der Waals surface area contributed by atoms with Crippen LogP contribution < -0.4 is 5.56 Å². The van der Waals surface area contributed by atoms with Gasteiger partial charge in [-0.3, -0.25) is 14.5 Å². The lowest BCUT2D eigenvalue weighted by Gasteiger charge is -2.57. The number of aromatic amines is 1. The molecule has 3 aliphatic rings. The third-order valence-electron chi connectivity index (χ3n) is 7.23. The van der Waals surface area contributed by atoms with Crippen LogP contribution >= 0.6 is 0 Å². The van der Waals surface area contributed by atoms with Crippen LogP contribution in [0.25, 0.3) is 0 Å². The highest BCUT2D eigenvalue weighted by Crippen LogP contribution is 2.42.